The molecule has 8 heteroatoms. The number of esters is 2. The number of carbonyl (C=O) groups is 3. The van der Waals surface area contributed by atoms with Crippen molar-refractivity contribution in [2.75, 3.05) is 26.8 Å². The maximum absolute atomic E-state index is 13.4. The van der Waals surface area contributed by atoms with Crippen LogP contribution in [0.15, 0.2) is 54.6 Å². The molecular weight excluding hydrogens is 405 g/mol. The third-order valence-electron chi connectivity index (χ3n) is 5.21. The van der Waals surface area contributed by atoms with Crippen molar-refractivity contribution in [3.63, 3.8) is 0 Å². The quantitative estimate of drug-likeness (QED) is 0.516. The van der Waals surface area contributed by atoms with Gasteiger partial charge in [0.05, 0.1) is 13.7 Å². The molecular formula is C23H24FNO6. The van der Waals surface area contributed by atoms with E-state index >= 15 is 0 Å². The maximum atomic E-state index is 13.4. The van der Waals surface area contributed by atoms with E-state index in [1.54, 1.807) is 41.3 Å². The van der Waals surface area contributed by atoms with E-state index in [4.69, 9.17) is 9.47 Å². The summed E-state index contributed by atoms with van der Waals surface area (Å²) in [7, 11) is 1.19. The van der Waals surface area contributed by atoms with Gasteiger partial charge in [0, 0.05) is 19.0 Å². The highest BCUT2D eigenvalue weighted by Crippen LogP contribution is 2.34. The molecule has 0 radical (unpaired) electrons. The molecule has 2 atom stereocenters. The van der Waals surface area contributed by atoms with Gasteiger partial charge in [-0.3, -0.25) is 9.59 Å². The molecule has 0 unspecified atom stereocenters. The van der Waals surface area contributed by atoms with Crippen molar-refractivity contribution in [3.8, 4) is 5.75 Å². The van der Waals surface area contributed by atoms with Crippen LogP contribution < -0.4 is 4.74 Å². The van der Waals surface area contributed by atoms with Crippen molar-refractivity contribution < 1.29 is 33.0 Å². The summed E-state index contributed by atoms with van der Waals surface area (Å²) in [6.07, 6.45) is -0.381. The molecule has 31 heavy (non-hydrogen) atoms. The average Bonchev–Trinajstić information content (AvgIpc) is 2.78. The number of ether oxygens (including phenoxy) is 3. The first-order valence-electron chi connectivity index (χ1n) is 9.96. The molecule has 1 fully saturated rings. The zero-order valence-corrected chi connectivity index (χ0v) is 17.2. The first kappa shape index (κ1) is 22.3. The number of hydrogen-bond donors (Lipinski definition) is 0. The molecule has 1 heterocycles. The Balaban J connectivity index is 1.69. The number of amides is 1. The molecule has 3 rings (SSSR count). The van der Waals surface area contributed by atoms with Crippen molar-refractivity contribution in [3.05, 3.63) is 66.0 Å². The van der Waals surface area contributed by atoms with Gasteiger partial charge in [0.2, 0.25) is 0 Å². The monoisotopic (exact) mass is 429 g/mol. The summed E-state index contributed by atoms with van der Waals surface area (Å²) >= 11 is 0. The van der Waals surface area contributed by atoms with Crippen LogP contribution in [0.5, 0.6) is 5.75 Å². The number of likely N-dealkylation sites (tertiary alicyclic amines) is 1. The second-order valence-corrected chi connectivity index (χ2v) is 7.27. The number of para-hydroxylation sites is 1. The predicted molar refractivity (Wildman–Crippen MR) is 109 cm³/mol. The first-order chi connectivity index (χ1) is 15.0. The summed E-state index contributed by atoms with van der Waals surface area (Å²) < 4.78 is 28.5. The number of benzene rings is 2. The summed E-state index contributed by atoms with van der Waals surface area (Å²) in [4.78, 5) is 37.4. The van der Waals surface area contributed by atoms with Gasteiger partial charge in [-0.05, 0) is 42.2 Å². The van der Waals surface area contributed by atoms with Crippen LogP contribution in [0.2, 0.25) is 0 Å². The van der Waals surface area contributed by atoms with Crippen LogP contribution in [0, 0.1) is 11.7 Å². The number of methoxy groups -OCH3 is 1. The Kier molecular flexibility index (Phi) is 7.59. The van der Waals surface area contributed by atoms with Crippen molar-refractivity contribution in [1.82, 2.24) is 4.90 Å². The van der Waals surface area contributed by atoms with E-state index in [1.165, 1.54) is 19.2 Å². The second-order valence-electron chi connectivity index (χ2n) is 7.27. The standard InChI is InChI=1S/C23H24FNO6/c1-29-21(26)13-22(27)30-15-17-14-25(23(28)31-19-5-3-2-4-6-19)12-11-20(17)16-7-9-18(24)10-8-16/h2-10,17,20H,11-15H2,1H3/t17-,20-/m1/s1. The third kappa shape index (κ3) is 6.28. The lowest BCUT2D eigenvalue weighted by atomic mass is 9.81. The van der Waals surface area contributed by atoms with Crippen molar-refractivity contribution in [1.29, 1.82) is 0 Å². The Hall–Kier alpha value is -3.42. The Morgan fingerprint density at radius 1 is 1.03 bits per heavy atom. The molecule has 7 nitrogen and oxygen atoms in total. The van der Waals surface area contributed by atoms with Gasteiger partial charge in [-0.15, -0.1) is 0 Å². The van der Waals surface area contributed by atoms with Gasteiger partial charge in [0.15, 0.2) is 0 Å². The Bertz CT molecular complexity index is 902. The summed E-state index contributed by atoms with van der Waals surface area (Å²) in [5.41, 5.74) is 0.895. The molecule has 164 valence electrons. The van der Waals surface area contributed by atoms with Crippen LogP contribution in [0.4, 0.5) is 9.18 Å². The largest absolute Gasteiger partial charge is 0.469 e. The number of hydrogen-bond acceptors (Lipinski definition) is 6. The maximum Gasteiger partial charge on any atom is 0.415 e. The fraction of sp³-hybridized carbons (Fsp3) is 0.348. The molecule has 2 aromatic rings. The summed E-state index contributed by atoms with van der Waals surface area (Å²) in [5, 5.41) is 0. The molecule has 1 aliphatic rings. The van der Waals surface area contributed by atoms with E-state index < -0.39 is 24.5 Å². The minimum Gasteiger partial charge on any atom is -0.469 e. The Labute approximate surface area is 179 Å². The molecule has 0 bridgehead atoms. The van der Waals surface area contributed by atoms with Gasteiger partial charge < -0.3 is 19.1 Å². The molecule has 1 aliphatic heterocycles. The molecule has 0 N–H and O–H groups in total. The zero-order valence-electron chi connectivity index (χ0n) is 17.2. The molecule has 0 aromatic heterocycles. The van der Waals surface area contributed by atoms with Crippen molar-refractivity contribution >= 4 is 18.0 Å². The smallest absolute Gasteiger partial charge is 0.415 e. The number of rotatable bonds is 6. The van der Waals surface area contributed by atoms with Gasteiger partial charge in [0.1, 0.15) is 18.0 Å². The number of piperidine rings is 1. The molecule has 0 saturated carbocycles. The lowest BCUT2D eigenvalue weighted by Gasteiger charge is -2.38. The van der Waals surface area contributed by atoms with Crippen LogP contribution in [0.3, 0.4) is 0 Å². The SMILES string of the molecule is COC(=O)CC(=O)OC[C@H]1CN(C(=O)Oc2ccccc2)CC[C@@H]1c1ccc(F)cc1. The van der Waals surface area contributed by atoms with Crippen LogP contribution in [-0.4, -0.2) is 49.7 Å². The predicted octanol–water partition coefficient (Wildman–Crippen LogP) is 3.54. The average molecular weight is 429 g/mol. The fourth-order valence-corrected chi connectivity index (χ4v) is 3.61. The fourth-order valence-electron chi connectivity index (χ4n) is 3.61. The summed E-state index contributed by atoms with van der Waals surface area (Å²) in [5.74, 6) is -1.58. The van der Waals surface area contributed by atoms with Crippen LogP contribution in [0.25, 0.3) is 0 Å². The van der Waals surface area contributed by atoms with Gasteiger partial charge in [-0.1, -0.05) is 30.3 Å². The number of nitrogens with zero attached hydrogens (tertiary/aromatic N) is 1. The lowest BCUT2D eigenvalue weighted by Crippen LogP contribution is -2.45. The molecule has 0 spiro atoms. The Morgan fingerprint density at radius 2 is 1.74 bits per heavy atom. The second kappa shape index (κ2) is 10.6. The van der Waals surface area contributed by atoms with E-state index in [-0.39, 0.29) is 24.3 Å². The van der Waals surface area contributed by atoms with Crippen LogP contribution in [0.1, 0.15) is 24.3 Å². The van der Waals surface area contributed by atoms with Crippen molar-refractivity contribution in [2.45, 2.75) is 18.8 Å². The molecule has 1 amide bonds. The highest BCUT2D eigenvalue weighted by atomic mass is 19.1. The molecule has 0 aliphatic carbocycles. The Morgan fingerprint density at radius 3 is 2.42 bits per heavy atom. The number of halogens is 1. The van der Waals surface area contributed by atoms with Gasteiger partial charge >= 0.3 is 18.0 Å². The molecule has 1 saturated heterocycles. The van der Waals surface area contributed by atoms with E-state index in [9.17, 15) is 18.8 Å². The van der Waals surface area contributed by atoms with Gasteiger partial charge in [0.25, 0.3) is 0 Å². The van der Waals surface area contributed by atoms with Crippen LogP contribution >= 0.6 is 0 Å². The van der Waals surface area contributed by atoms with E-state index in [0.29, 0.717) is 25.3 Å². The third-order valence-corrected chi connectivity index (χ3v) is 5.21. The highest BCUT2D eigenvalue weighted by Gasteiger charge is 2.34. The van der Waals surface area contributed by atoms with E-state index in [2.05, 4.69) is 4.74 Å². The normalized spacial score (nSPS) is 18.2. The van der Waals surface area contributed by atoms with Crippen LogP contribution in [-0.2, 0) is 19.1 Å². The van der Waals surface area contributed by atoms with Gasteiger partial charge in [-0.25, -0.2) is 9.18 Å². The minimum absolute atomic E-state index is 0.00693. The zero-order chi connectivity index (χ0) is 22.2. The lowest BCUT2D eigenvalue weighted by molar-refractivity contribution is -0.154. The highest BCUT2D eigenvalue weighted by molar-refractivity contribution is 5.91. The first-order valence-corrected chi connectivity index (χ1v) is 9.96. The van der Waals surface area contributed by atoms with Gasteiger partial charge in [-0.2, -0.15) is 0 Å². The molecule has 2 aromatic carbocycles. The van der Waals surface area contributed by atoms with E-state index in [1.807, 2.05) is 6.07 Å². The van der Waals surface area contributed by atoms with Crippen molar-refractivity contribution in [2.24, 2.45) is 5.92 Å². The summed E-state index contributed by atoms with van der Waals surface area (Å²) in [6.45, 7) is 0.743. The summed E-state index contributed by atoms with van der Waals surface area (Å²) in [6, 6.07) is 14.9. The number of carbonyl (C=O) groups excluding carboxylic acids is 3. The van der Waals surface area contributed by atoms with E-state index in [0.717, 1.165) is 5.56 Å². The topological polar surface area (TPSA) is 82.1 Å². The minimum atomic E-state index is -0.700.